The van der Waals surface area contributed by atoms with Crippen molar-refractivity contribution in [1.29, 1.82) is 0 Å². The lowest BCUT2D eigenvalue weighted by atomic mass is 9.94. The molecule has 2 heterocycles. The quantitative estimate of drug-likeness (QED) is 0.846. The Morgan fingerprint density at radius 2 is 2.00 bits per heavy atom. The maximum absolute atomic E-state index is 12.3. The van der Waals surface area contributed by atoms with Crippen LogP contribution in [-0.2, 0) is 4.79 Å². The Kier molecular flexibility index (Phi) is 6.82. The summed E-state index contributed by atoms with van der Waals surface area (Å²) in [6.45, 7) is 7.54. The molecule has 1 N–H and O–H groups in total. The molecule has 2 aliphatic heterocycles. The van der Waals surface area contributed by atoms with Gasteiger partial charge in [-0.2, -0.15) is 11.8 Å². The van der Waals surface area contributed by atoms with Crippen molar-refractivity contribution in [3.63, 3.8) is 0 Å². The molecule has 2 unspecified atom stereocenters. The number of halogens is 1. The van der Waals surface area contributed by atoms with Crippen molar-refractivity contribution >= 4 is 30.1 Å². The average molecular weight is 293 g/mol. The van der Waals surface area contributed by atoms with E-state index in [9.17, 15) is 4.79 Å². The van der Waals surface area contributed by atoms with E-state index in [2.05, 4.69) is 24.1 Å². The van der Waals surface area contributed by atoms with E-state index < -0.39 is 0 Å². The van der Waals surface area contributed by atoms with Gasteiger partial charge in [-0.1, -0.05) is 6.92 Å². The zero-order valence-corrected chi connectivity index (χ0v) is 13.0. The minimum absolute atomic E-state index is 0. The molecule has 0 bridgehead atoms. The fourth-order valence-electron chi connectivity index (χ4n) is 2.74. The van der Waals surface area contributed by atoms with Crippen molar-refractivity contribution in [2.75, 3.05) is 25.4 Å². The van der Waals surface area contributed by atoms with Gasteiger partial charge in [-0.3, -0.25) is 4.79 Å². The van der Waals surface area contributed by atoms with Crippen LogP contribution in [0, 0.1) is 5.92 Å². The maximum Gasteiger partial charge on any atom is 0.223 e. The number of carbonyl (C=O) groups is 1. The predicted molar refractivity (Wildman–Crippen MR) is 80.6 cm³/mol. The molecule has 2 fully saturated rings. The highest BCUT2D eigenvalue weighted by Crippen LogP contribution is 2.26. The van der Waals surface area contributed by atoms with Crippen LogP contribution >= 0.6 is 24.2 Å². The molecule has 0 radical (unpaired) electrons. The van der Waals surface area contributed by atoms with Gasteiger partial charge in [0.25, 0.3) is 0 Å². The standard InChI is InChI=1S/C13H24N2OS.ClH/c1-10-11(2)17-8-7-15(10)13(16)9-12-3-5-14-6-4-12;/h10-12,14H,3-9H2,1-2H3;1H. The third-order valence-electron chi connectivity index (χ3n) is 4.13. The lowest BCUT2D eigenvalue weighted by Crippen LogP contribution is -2.48. The van der Waals surface area contributed by atoms with Gasteiger partial charge in [-0.05, 0) is 38.8 Å². The number of rotatable bonds is 2. The van der Waals surface area contributed by atoms with E-state index in [0.717, 1.165) is 44.6 Å². The summed E-state index contributed by atoms with van der Waals surface area (Å²) in [6, 6.07) is 0.406. The highest BCUT2D eigenvalue weighted by molar-refractivity contribution is 8.00. The van der Waals surface area contributed by atoms with Gasteiger partial charge >= 0.3 is 0 Å². The van der Waals surface area contributed by atoms with Crippen LogP contribution < -0.4 is 5.32 Å². The number of nitrogens with zero attached hydrogens (tertiary/aromatic N) is 1. The van der Waals surface area contributed by atoms with Crippen molar-refractivity contribution < 1.29 is 4.79 Å². The predicted octanol–water partition coefficient (Wildman–Crippen LogP) is 2.15. The van der Waals surface area contributed by atoms with E-state index in [1.807, 2.05) is 11.8 Å². The normalized spacial score (nSPS) is 29.8. The molecular formula is C13H25ClN2OS. The summed E-state index contributed by atoms with van der Waals surface area (Å²) in [5, 5.41) is 3.94. The van der Waals surface area contributed by atoms with E-state index in [4.69, 9.17) is 0 Å². The van der Waals surface area contributed by atoms with Crippen molar-refractivity contribution in [1.82, 2.24) is 10.2 Å². The molecule has 0 aliphatic carbocycles. The van der Waals surface area contributed by atoms with Crippen LogP contribution in [0.4, 0.5) is 0 Å². The van der Waals surface area contributed by atoms with Gasteiger partial charge in [0, 0.05) is 30.0 Å². The Morgan fingerprint density at radius 1 is 1.33 bits per heavy atom. The maximum atomic E-state index is 12.3. The van der Waals surface area contributed by atoms with Gasteiger partial charge in [0.1, 0.15) is 0 Å². The molecule has 0 aromatic carbocycles. The van der Waals surface area contributed by atoms with E-state index in [0.29, 0.717) is 23.1 Å². The SMILES string of the molecule is CC1SCCN(C(=O)CC2CCNCC2)C1C.Cl. The largest absolute Gasteiger partial charge is 0.338 e. The number of hydrogen-bond acceptors (Lipinski definition) is 3. The van der Waals surface area contributed by atoms with Crippen LogP contribution in [0.15, 0.2) is 0 Å². The van der Waals surface area contributed by atoms with Gasteiger partial charge in [0.05, 0.1) is 0 Å². The molecule has 5 heteroatoms. The molecule has 0 spiro atoms. The van der Waals surface area contributed by atoms with Crippen LogP contribution in [0.1, 0.15) is 33.1 Å². The van der Waals surface area contributed by atoms with Gasteiger partial charge < -0.3 is 10.2 Å². The van der Waals surface area contributed by atoms with Crippen molar-refractivity contribution in [2.45, 2.75) is 44.4 Å². The summed E-state index contributed by atoms with van der Waals surface area (Å²) in [7, 11) is 0. The second-order valence-corrected chi connectivity index (χ2v) is 6.79. The third-order valence-corrected chi connectivity index (χ3v) is 5.46. The molecule has 2 aliphatic rings. The fourth-order valence-corrected chi connectivity index (χ4v) is 3.83. The molecule has 0 aromatic rings. The molecule has 106 valence electrons. The number of piperidine rings is 1. The van der Waals surface area contributed by atoms with Gasteiger partial charge in [-0.25, -0.2) is 0 Å². The molecule has 18 heavy (non-hydrogen) atoms. The second kappa shape index (κ2) is 7.61. The smallest absolute Gasteiger partial charge is 0.223 e. The van der Waals surface area contributed by atoms with E-state index in [1.54, 1.807) is 0 Å². The number of carbonyl (C=O) groups excluding carboxylic acids is 1. The van der Waals surface area contributed by atoms with Crippen LogP contribution in [0.2, 0.25) is 0 Å². The summed E-state index contributed by atoms with van der Waals surface area (Å²) in [4.78, 5) is 14.4. The minimum atomic E-state index is 0. The first-order valence-corrected chi connectivity index (χ1v) is 7.85. The van der Waals surface area contributed by atoms with Crippen LogP contribution in [0.3, 0.4) is 0 Å². The highest BCUT2D eigenvalue weighted by Gasteiger charge is 2.30. The lowest BCUT2D eigenvalue weighted by molar-refractivity contribution is -0.134. The first-order chi connectivity index (χ1) is 8.18. The van der Waals surface area contributed by atoms with Gasteiger partial charge in [0.15, 0.2) is 0 Å². The monoisotopic (exact) mass is 292 g/mol. The van der Waals surface area contributed by atoms with E-state index in [1.165, 1.54) is 0 Å². The Balaban J connectivity index is 0.00000162. The summed E-state index contributed by atoms with van der Waals surface area (Å²) in [6.07, 6.45) is 3.10. The highest BCUT2D eigenvalue weighted by atomic mass is 35.5. The Bertz CT molecular complexity index is 272. The molecule has 3 nitrogen and oxygen atoms in total. The summed E-state index contributed by atoms with van der Waals surface area (Å²) >= 11 is 1.99. The zero-order chi connectivity index (χ0) is 12.3. The zero-order valence-electron chi connectivity index (χ0n) is 11.4. The van der Waals surface area contributed by atoms with Crippen molar-refractivity contribution in [2.24, 2.45) is 5.92 Å². The molecule has 0 saturated carbocycles. The first kappa shape index (κ1) is 16.1. The Morgan fingerprint density at radius 3 is 2.67 bits per heavy atom. The van der Waals surface area contributed by atoms with Gasteiger partial charge in [-0.15, -0.1) is 12.4 Å². The molecule has 0 aromatic heterocycles. The molecular weight excluding hydrogens is 268 g/mol. The van der Waals surface area contributed by atoms with E-state index in [-0.39, 0.29) is 12.4 Å². The lowest BCUT2D eigenvalue weighted by Gasteiger charge is -2.38. The molecule has 2 atom stereocenters. The van der Waals surface area contributed by atoms with Crippen LogP contribution in [-0.4, -0.2) is 47.5 Å². The van der Waals surface area contributed by atoms with Crippen LogP contribution in [0.25, 0.3) is 0 Å². The summed E-state index contributed by atoms with van der Waals surface area (Å²) < 4.78 is 0. The summed E-state index contributed by atoms with van der Waals surface area (Å²) in [5.74, 6) is 2.10. The summed E-state index contributed by atoms with van der Waals surface area (Å²) in [5.41, 5.74) is 0. The Hall–Kier alpha value is 0.0700. The third kappa shape index (κ3) is 4.04. The molecule has 2 rings (SSSR count). The average Bonchev–Trinajstić information content (AvgIpc) is 2.34. The number of nitrogens with one attached hydrogen (secondary N) is 1. The molecule has 1 amide bonds. The Labute approximate surface area is 121 Å². The minimum Gasteiger partial charge on any atom is -0.338 e. The molecule has 2 saturated heterocycles. The number of amides is 1. The van der Waals surface area contributed by atoms with Crippen molar-refractivity contribution in [3.8, 4) is 0 Å². The van der Waals surface area contributed by atoms with Gasteiger partial charge in [0.2, 0.25) is 5.91 Å². The fraction of sp³-hybridized carbons (Fsp3) is 0.923. The van der Waals surface area contributed by atoms with Crippen molar-refractivity contribution in [3.05, 3.63) is 0 Å². The van der Waals surface area contributed by atoms with Crippen LogP contribution in [0.5, 0.6) is 0 Å². The second-order valence-electron chi connectivity index (χ2n) is 5.30. The number of thioether (sulfide) groups is 1. The topological polar surface area (TPSA) is 32.3 Å². The first-order valence-electron chi connectivity index (χ1n) is 6.80. The number of hydrogen-bond donors (Lipinski definition) is 1. The van der Waals surface area contributed by atoms with E-state index >= 15 is 0 Å².